The molecule has 0 aromatic carbocycles. The van der Waals surface area contributed by atoms with Crippen LogP contribution in [0.1, 0.15) is 32.6 Å². The van der Waals surface area contributed by atoms with Gasteiger partial charge in [0.05, 0.1) is 12.7 Å². The number of halogens is 1. The highest BCUT2D eigenvalue weighted by molar-refractivity contribution is 6.19. The van der Waals surface area contributed by atoms with Gasteiger partial charge in [-0.15, -0.1) is 11.6 Å². The Morgan fingerprint density at radius 2 is 2.00 bits per heavy atom. The van der Waals surface area contributed by atoms with E-state index >= 15 is 0 Å². The standard InChI is InChI=1S/C11H19ClO/c1-9-3-5-11(6-4-9)13-8-10(2)7-12/h9,11H,2-8H2,1H3. The third-order valence-corrected chi connectivity index (χ3v) is 3.05. The lowest BCUT2D eigenvalue weighted by atomic mass is 9.89. The molecule has 0 unspecified atom stereocenters. The maximum atomic E-state index is 5.70. The second-order valence-electron chi connectivity index (χ2n) is 4.08. The van der Waals surface area contributed by atoms with Crippen LogP contribution in [0.25, 0.3) is 0 Å². The summed E-state index contributed by atoms with van der Waals surface area (Å²) in [5.41, 5.74) is 0.986. The molecule has 0 amide bonds. The third kappa shape index (κ3) is 4.15. The minimum atomic E-state index is 0.455. The lowest BCUT2D eigenvalue weighted by Crippen LogP contribution is -2.21. The van der Waals surface area contributed by atoms with E-state index in [9.17, 15) is 0 Å². The average Bonchev–Trinajstić information content (AvgIpc) is 2.16. The zero-order valence-corrected chi connectivity index (χ0v) is 9.15. The maximum absolute atomic E-state index is 5.70. The Balaban J connectivity index is 2.12. The van der Waals surface area contributed by atoms with Gasteiger partial charge in [0.1, 0.15) is 0 Å². The van der Waals surface area contributed by atoms with E-state index in [2.05, 4.69) is 13.5 Å². The van der Waals surface area contributed by atoms with Crippen LogP contribution in [0.3, 0.4) is 0 Å². The van der Waals surface area contributed by atoms with Crippen molar-refractivity contribution in [3.05, 3.63) is 12.2 Å². The van der Waals surface area contributed by atoms with Crippen LogP contribution >= 0.6 is 11.6 Å². The Kier molecular flexibility index (Phi) is 4.82. The first-order valence-electron chi connectivity index (χ1n) is 5.06. The van der Waals surface area contributed by atoms with Gasteiger partial charge in [-0.25, -0.2) is 0 Å². The highest BCUT2D eigenvalue weighted by Crippen LogP contribution is 2.25. The van der Waals surface area contributed by atoms with Crippen LogP contribution in [-0.4, -0.2) is 18.6 Å². The van der Waals surface area contributed by atoms with E-state index in [1.165, 1.54) is 25.7 Å². The fourth-order valence-electron chi connectivity index (χ4n) is 1.67. The molecule has 1 rings (SSSR count). The van der Waals surface area contributed by atoms with Crippen molar-refractivity contribution in [2.45, 2.75) is 38.7 Å². The van der Waals surface area contributed by atoms with E-state index in [4.69, 9.17) is 16.3 Å². The van der Waals surface area contributed by atoms with Gasteiger partial charge < -0.3 is 4.74 Å². The van der Waals surface area contributed by atoms with Crippen LogP contribution in [0.2, 0.25) is 0 Å². The largest absolute Gasteiger partial charge is 0.374 e. The van der Waals surface area contributed by atoms with Gasteiger partial charge in [-0.2, -0.15) is 0 Å². The van der Waals surface area contributed by atoms with Crippen molar-refractivity contribution in [2.75, 3.05) is 12.5 Å². The van der Waals surface area contributed by atoms with Crippen molar-refractivity contribution in [3.63, 3.8) is 0 Å². The first-order valence-corrected chi connectivity index (χ1v) is 5.60. The molecule has 1 fully saturated rings. The Labute approximate surface area is 86.1 Å². The average molecular weight is 203 g/mol. The molecule has 0 N–H and O–H groups in total. The monoisotopic (exact) mass is 202 g/mol. The summed E-state index contributed by atoms with van der Waals surface area (Å²) >= 11 is 5.61. The molecular formula is C11H19ClO. The summed E-state index contributed by atoms with van der Waals surface area (Å²) < 4.78 is 5.70. The first-order chi connectivity index (χ1) is 6.22. The fourth-order valence-corrected chi connectivity index (χ4v) is 1.75. The van der Waals surface area contributed by atoms with Crippen LogP contribution in [0.4, 0.5) is 0 Å². The van der Waals surface area contributed by atoms with Crippen molar-refractivity contribution < 1.29 is 4.74 Å². The second-order valence-corrected chi connectivity index (χ2v) is 4.34. The smallest absolute Gasteiger partial charge is 0.0689 e. The molecule has 0 atom stereocenters. The van der Waals surface area contributed by atoms with Crippen LogP contribution < -0.4 is 0 Å². The molecule has 1 saturated carbocycles. The number of hydrogen-bond donors (Lipinski definition) is 0. The molecule has 1 aliphatic rings. The summed E-state index contributed by atoms with van der Waals surface area (Å²) in [5, 5.41) is 0. The SMILES string of the molecule is C=C(CCl)COC1CCC(C)CC1. The number of rotatable bonds is 4. The molecule has 1 aliphatic carbocycles. The zero-order valence-electron chi connectivity index (χ0n) is 8.39. The predicted molar refractivity (Wildman–Crippen MR) is 57.2 cm³/mol. The van der Waals surface area contributed by atoms with Gasteiger partial charge in [-0.1, -0.05) is 13.5 Å². The highest BCUT2D eigenvalue weighted by Gasteiger charge is 2.18. The molecule has 0 radical (unpaired) electrons. The highest BCUT2D eigenvalue weighted by atomic mass is 35.5. The van der Waals surface area contributed by atoms with E-state index in [1.54, 1.807) is 0 Å². The summed E-state index contributed by atoms with van der Waals surface area (Å²) in [4.78, 5) is 0. The quantitative estimate of drug-likeness (QED) is 0.502. The van der Waals surface area contributed by atoms with Gasteiger partial charge in [0.2, 0.25) is 0 Å². The molecule has 13 heavy (non-hydrogen) atoms. The van der Waals surface area contributed by atoms with E-state index in [0.717, 1.165) is 11.5 Å². The first kappa shape index (κ1) is 11.1. The molecule has 0 aromatic rings. The summed E-state index contributed by atoms with van der Waals surface area (Å²) in [6.45, 7) is 6.77. The van der Waals surface area contributed by atoms with Crippen molar-refractivity contribution >= 4 is 11.6 Å². The molecule has 0 bridgehead atoms. The second kappa shape index (κ2) is 5.66. The van der Waals surface area contributed by atoms with Crippen molar-refractivity contribution in [3.8, 4) is 0 Å². The Morgan fingerprint density at radius 1 is 1.38 bits per heavy atom. The molecule has 0 aromatic heterocycles. The van der Waals surface area contributed by atoms with Gasteiger partial charge in [0.15, 0.2) is 0 Å². The molecule has 76 valence electrons. The van der Waals surface area contributed by atoms with E-state index in [1.807, 2.05) is 0 Å². The molecule has 1 nitrogen and oxygen atoms in total. The maximum Gasteiger partial charge on any atom is 0.0689 e. The van der Waals surface area contributed by atoms with Crippen molar-refractivity contribution in [2.24, 2.45) is 5.92 Å². The Hall–Kier alpha value is -0.0100. The lowest BCUT2D eigenvalue weighted by molar-refractivity contribution is 0.0334. The summed E-state index contributed by atoms with van der Waals surface area (Å²) in [5.74, 6) is 1.40. The Morgan fingerprint density at radius 3 is 2.54 bits per heavy atom. The van der Waals surface area contributed by atoms with E-state index in [-0.39, 0.29) is 0 Å². The van der Waals surface area contributed by atoms with Gasteiger partial charge in [-0.05, 0) is 37.2 Å². The van der Waals surface area contributed by atoms with Crippen molar-refractivity contribution in [1.82, 2.24) is 0 Å². The lowest BCUT2D eigenvalue weighted by Gasteiger charge is -2.26. The minimum Gasteiger partial charge on any atom is -0.374 e. The number of alkyl halides is 1. The van der Waals surface area contributed by atoms with Gasteiger partial charge in [0, 0.05) is 5.88 Å². The molecule has 2 heteroatoms. The third-order valence-electron chi connectivity index (χ3n) is 2.68. The van der Waals surface area contributed by atoms with Gasteiger partial charge in [-0.3, -0.25) is 0 Å². The predicted octanol–water partition coefficient (Wildman–Crippen LogP) is 3.38. The zero-order chi connectivity index (χ0) is 9.68. The molecule has 0 aliphatic heterocycles. The van der Waals surface area contributed by atoms with Gasteiger partial charge >= 0.3 is 0 Å². The Bertz CT molecular complexity index is 159. The topological polar surface area (TPSA) is 9.23 Å². The molecule has 0 heterocycles. The van der Waals surface area contributed by atoms with Gasteiger partial charge in [0.25, 0.3) is 0 Å². The fraction of sp³-hybridized carbons (Fsp3) is 0.818. The molecule has 0 spiro atoms. The molecule has 0 saturated heterocycles. The molecular weight excluding hydrogens is 184 g/mol. The summed E-state index contributed by atoms with van der Waals surface area (Å²) in [6, 6.07) is 0. The van der Waals surface area contributed by atoms with Crippen LogP contribution in [0, 0.1) is 5.92 Å². The van der Waals surface area contributed by atoms with Crippen LogP contribution in [0.15, 0.2) is 12.2 Å². The van der Waals surface area contributed by atoms with Crippen LogP contribution in [0.5, 0.6) is 0 Å². The summed E-state index contributed by atoms with van der Waals surface area (Å²) in [7, 11) is 0. The van der Waals surface area contributed by atoms with E-state index in [0.29, 0.717) is 18.6 Å². The van der Waals surface area contributed by atoms with E-state index < -0.39 is 0 Å². The normalized spacial score (nSPS) is 28.8. The summed E-state index contributed by atoms with van der Waals surface area (Å²) in [6.07, 6.45) is 5.47. The number of hydrogen-bond acceptors (Lipinski definition) is 1. The number of ether oxygens (including phenoxy) is 1. The minimum absolute atomic E-state index is 0.455. The van der Waals surface area contributed by atoms with Crippen LogP contribution in [-0.2, 0) is 4.74 Å². The van der Waals surface area contributed by atoms with Crippen molar-refractivity contribution in [1.29, 1.82) is 0 Å².